The molecule has 0 aliphatic carbocycles. The number of ether oxygens (including phenoxy) is 1. The van der Waals surface area contributed by atoms with E-state index in [-0.39, 0.29) is 11.3 Å². The van der Waals surface area contributed by atoms with Crippen molar-refractivity contribution in [3.05, 3.63) is 35.6 Å². The quantitative estimate of drug-likeness (QED) is 0.839. The lowest BCUT2D eigenvalue weighted by atomic mass is 10.1. The van der Waals surface area contributed by atoms with E-state index in [1.165, 1.54) is 25.2 Å². The number of nitrogens with zero attached hydrogens (tertiary/aromatic N) is 1. The second-order valence-corrected chi connectivity index (χ2v) is 7.72. The molecule has 0 radical (unpaired) electrons. The van der Waals surface area contributed by atoms with Crippen molar-refractivity contribution < 1.29 is 22.3 Å². The number of primary amides is 1. The van der Waals surface area contributed by atoms with E-state index in [0.29, 0.717) is 13.0 Å². The van der Waals surface area contributed by atoms with Gasteiger partial charge in [0.05, 0.1) is 11.9 Å². The molecular weight excluding hydrogens is 323 g/mol. The molecule has 0 saturated carbocycles. The van der Waals surface area contributed by atoms with Gasteiger partial charge in [0.25, 0.3) is 0 Å². The number of rotatable bonds is 6. The standard InChI is InChI=1S/C15H21FN2O4S/c1-18(23(20,21)10-13-7-2-3-8-22-13)14(15(17)19)11-5-4-6-12(16)9-11/h4-6,9,13-14H,2-3,7-8,10H2,1H3,(H2,17,19)/t13-,14+/m1/s1. The molecule has 1 saturated heterocycles. The van der Waals surface area contributed by atoms with Gasteiger partial charge in [-0.05, 0) is 37.0 Å². The van der Waals surface area contributed by atoms with Crippen molar-refractivity contribution in [2.24, 2.45) is 5.73 Å². The minimum Gasteiger partial charge on any atom is -0.377 e. The Hall–Kier alpha value is -1.51. The molecule has 1 heterocycles. The van der Waals surface area contributed by atoms with Gasteiger partial charge in [0.2, 0.25) is 15.9 Å². The summed E-state index contributed by atoms with van der Waals surface area (Å²) in [6, 6.07) is 3.96. The van der Waals surface area contributed by atoms with Crippen molar-refractivity contribution in [1.29, 1.82) is 0 Å². The fourth-order valence-corrected chi connectivity index (χ4v) is 4.20. The van der Waals surface area contributed by atoms with Gasteiger partial charge in [-0.2, -0.15) is 4.31 Å². The van der Waals surface area contributed by atoms with Crippen molar-refractivity contribution >= 4 is 15.9 Å². The topological polar surface area (TPSA) is 89.7 Å². The Morgan fingerprint density at radius 1 is 1.48 bits per heavy atom. The summed E-state index contributed by atoms with van der Waals surface area (Å²) >= 11 is 0. The van der Waals surface area contributed by atoms with Crippen LogP contribution in [0.25, 0.3) is 0 Å². The van der Waals surface area contributed by atoms with Gasteiger partial charge in [0.1, 0.15) is 11.9 Å². The SMILES string of the molecule is CN([C@H](C(N)=O)c1cccc(F)c1)S(=O)(=O)C[C@H]1CCCCO1. The van der Waals surface area contributed by atoms with Gasteiger partial charge in [0.15, 0.2) is 0 Å². The number of hydrogen-bond donors (Lipinski definition) is 1. The number of nitrogens with two attached hydrogens (primary N) is 1. The highest BCUT2D eigenvalue weighted by molar-refractivity contribution is 7.89. The van der Waals surface area contributed by atoms with Gasteiger partial charge in [-0.1, -0.05) is 12.1 Å². The third-order valence-corrected chi connectivity index (χ3v) is 5.79. The molecule has 2 atom stereocenters. The zero-order valence-electron chi connectivity index (χ0n) is 12.9. The smallest absolute Gasteiger partial charge is 0.240 e. The van der Waals surface area contributed by atoms with Crippen LogP contribution in [0.4, 0.5) is 4.39 Å². The molecule has 1 fully saturated rings. The number of carbonyl (C=O) groups excluding carboxylic acids is 1. The fourth-order valence-electron chi connectivity index (χ4n) is 2.68. The molecular formula is C15H21FN2O4S. The maximum Gasteiger partial charge on any atom is 0.240 e. The molecule has 8 heteroatoms. The Bertz CT molecular complexity index is 659. The lowest BCUT2D eigenvalue weighted by Crippen LogP contribution is -2.43. The first-order valence-corrected chi connectivity index (χ1v) is 9.04. The molecule has 1 aliphatic rings. The molecule has 1 aromatic rings. The van der Waals surface area contributed by atoms with E-state index >= 15 is 0 Å². The largest absolute Gasteiger partial charge is 0.377 e. The van der Waals surface area contributed by atoms with E-state index in [9.17, 15) is 17.6 Å². The normalized spacial score (nSPS) is 20.4. The van der Waals surface area contributed by atoms with Gasteiger partial charge in [-0.15, -0.1) is 0 Å². The first-order chi connectivity index (χ1) is 10.8. The minimum absolute atomic E-state index is 0.202. The minimum atomic E-state index is -3.78. The van der Waals surface area contributed by atoms with Crippen LogP contribution in [0, 0.1) is 5.82 Å². The number of hydrogen-bond acceptors (Lipinski definition) is 4. The van der Waals surface area contributed by atoms with Gasteiger partial charge in [-0.3, -0.25) is 4.79 Å². The maximum absolute atomic E-state index is 13.4. The van der Waals surface area contributed by atoms with Crippen LogP contribution in [0.15, 0.2) is 24.3 Å². The molecule has 2 N–H and O–H groups in total. The van der Waals surface area contributed by atoms with Crippen LogP contribution < -0.4 is 5.73 Å². The summed E-state index contributed by atoms with van der Waals surface area (Å²) in [6.07, 6.45) is 2.10. The number of benzene rings is 1. The van der Waals surface area contributed by atoms with E-state index in [0.717, 1.165) is 23.2 Å². The van der Waals surface area contributed by atoms with E-state index in [1.807, 2.05) is 0 Å². The van der Waals surface area contributed by atoms with E-state index < -0.39 is 33.9 Å². The predicted molar refractivity (Wildman–Crippen MR) is 83.5 cm³/mol. The predicted octanol–water partition coefficient (Wildman–Crippen LogP) is 1.18. The molecule has 23 heavy (non-hydrogen) atoms. The van der Waals surface area contributed by atoms with Gasteiger partial charge in [-0.25, -0.2) is 12.8 Å². The number of halogens is 1. The van der Waals surface area contributed by atoms with Crippen LogP contribution in [0.2, 0.25) is 0 Å². The molecule has 1 aliphatic heterocycles. The molecule has 0 bridgehead atoms. The molecule has 0 aromatic heterocycles. The summed E-state index contributed by atoms with van der Waals surface area (Å²) in [5.41, 5.74) is 5.55. The Morgan fingerprint density at radius 3 is 2.78 bits per heavy atom. The van der Waals surface area contributed by atoms with Crippen LogP contribution in [-0.4, -0.2) is 44.1 Å². The molecule has 1 aromatic carbocycles. The van der Waals surface area contributed by atoms with Crippen LogP contribution in [0.3, 0.4) is 0 Å². The highest BCUT2D eigenvalue weighted by Crippen LogP contribution is 2.24. The van der Waals surface area contributed by atoms with Crippen LogP contribution in [-0.2, 0) is 19.6 Å². The highest BCUT2D eigenvalue weighted by atomic mass is 32.2. The first kappa shape index (κ1) is 17.8. The second-order valence-electron chi connectivity index (χ2n) is 5.64. The summed E-state index contributed by atoms with van der Waals surface area (Å²) < 4.78 is 44.8. The Balaban J connectivity index is 2.22. The monoisotopic (exact) mass is 344 g/mol. The second kappa shape index (κ2) is 7.37. The fraction of sp³-hybridized carbons (Fsp3) is 0.533. The lowest BCUT2D eigenvalue weighted by molar-refractivity contribution is -0.121. The highest BCUT2D eigenvalue weighted by Gasteiger charge is 2.34. The summed E-state index contributed by atoms with van der Waals surface area (Å²) in [7, 11) is -2.50. The van der Waals surface area contributed by atoms with Gasteiger partial charge < -0.3 is 10.5 Å². The van der Waals surface area contributed by atoms with Gasteiger partial charge in [0, 0.05) is 13.7 Å². The lowest BCUT2D eigenvalue weighted by Gasteiger charge is -2.29. The average molecular weight is 344 g/mol. The van der Waals surface area contributed by atoms with Crippen molar-refractivity contribution in [2.45, 2.75) is 31.4 Å². The molecule has 0 unspecified atom stereocenters. The molecule has 1 amide bonds. The Labute approximate surface area is 135 Å². The Kier molecular flexibility index (Phi) is 5.72. The van der Waals surface area contributed by atoms with Crippen molar-refractivity contribution in [3.63, 3.8) is 0 Å². The zero-order valence-corrected chi connectivity index (χ0v) is 13.8. The molecule has 2 rings (SSSR count). The summed E-state index contributed by atoms with van der Waals surface area (Å²) in [4.78, 5) is 11.8. The number of carbonyl (C=O) groups is 1. The number of likely N-dealkylation sites (N-methyl/N-ethyl adjacent to an activating group) is 1. The third kappa shape index (κ3) is 4.49. The summed E-state index contributed by atoms with van der Waals surface area (Å²) in [5, 5.41) is 0. The van der Waals surface area contributed by atoms with E-state index in [2.05, 4.69) is 0 Å². The molecule has 6 nitrogen and oxygen atoms in total. The Morgan fingerprint density at radius 2 is 2.22 bits per heavy atom. The number of sulfonamides is 1. The van der Waals surface area contributed by atoms with Crippen molar-refractivity contribution in [2.75, 3.05) is 19.4 Å². The van der Waals surface area contributed by atoms with Crippen LogP contribution in [0.1, 0.15) is 30.9 Å². The third-order valence-electron chi connectivity index (χ3n) is 3.91. The summed E-state index contributed by atoms with van der Waals surface area (Å²) in [6.45, 7) is 0.535. The molecule has 128 valence electrons. The number of amides is 1. The maximum atomic E-state index is 13.4. The van der Waals surface area contributed by atoms with Crippen molar-refractivity contribution in [1.82, 2.24) is 4.31 Å². The van der Waals surface area contributed by atoms with Crippen LogP contribution >= 0.6 is 0 Å². The van der Waals surface area contributed by atoms with Crippen molar-refractivity contribution in [3.8, 4) is 0 Å². The summed E-state index contributed by atoms with van der Waals surface area (Å²) in [5.74, 6) is -1.64. The van der Waals surface area contributed by atoms with Gasteiger partial charge >= 0.3 is 0 Å². The molecule has 0 spiro atoms. The first-order valence-electron chi connectivity index (χ1n) is 7.43. The zero-order chi connectivity index (χ0) is 17.0. The average Bonchev–Trinajstić information content (AvgIpc) is 2.47. The van der Waals surface area contributed by atoms with E-state index in [1.54, 1.807) is 0 Å². The van der Waals surface area contributed by atoms with Crippen LogP contribution in [0.5, 0.6) is 0 Å². The van der Waals surface area contributed by atoms with E-state index in [4.69, 9.17) is 10.5 Å².